The molecule has 2 aliphatic rings. The van der Waals surface area contributed by atoms with Crippen LogP contribution in [0.1, 0.15) is 26.2 Å². The summed E-state index contributed by atoms with van der Waals surface area (Å²) >= 11 is 0. The van der Waals surface area contributed by atoms with E-state index in [1.165, 1.54) is 4.68 Å². The maximum atomic E-state index is 13.2. The highest BCUT2D eigenvalue weighted by Crippen LogP contribution is 2.36. The smallest absolute Gasteiger partial charge is 0.260 e. The van der Waals surface area contributed by atoms with Gasteiger partial charge in [0.05, 0.1) is 31.6 Å². The van der Waals surface area contributed by atoms with E-state index in [2.05, 4.69) is 5.10 Å². The Balaban J connectivity index is 1.92. The molecule has 130 valence electrons. The highest BCUT2D eigenvalue weighted by atomic mass is 32.2. The number of nitrogens with zero attached hydrogens (tertiary/aromatic N) is 3. The average molecular weight is 343 g/mol. The van der Waals surface area contributed by atoms with Crippen LogP contribution in [0.5, 0.6) is 0 Å². The molecule has 0 spiro atoms. The molecule has 0 amide bonds. The lowest BCUT2D eigenvalue weighted by Crippen LogP contribution is -2.53. The fourth-order valence-corrected chi connectivity index (χ4v) is 5.63. The van der Waals surface area contributed by atoms with Crippen molar-refractivity contribution >= 4 is 10.0 Å². The largest absolute Gasteiger partial charge is 0.381 e. The summed E-state index contributed by atoms with van der Waals surface area (Å²) in [5, 5.41) is 4.37. The maximum Gasteiger partial charge on any atom is 0.260 e. The minimum absolute atomic E-state index is 0.107. The molecule has 2 fully saturated rings. The summed E-state index contributed by atoms with van der Waals surface area (Å²) in [5.41, 5.74) is 0. The van der Waals surface area contributed by atoms with Crippen molar-refractivity contribution < 1.29 is 17.9 Å². The Morgan fingerprint density at radius 1 is 1.43 bits per heavy atom. The van der Waals surface area contributed by atoms with Gasteiger partial charge in [-0.05, 0) is 25.8 Å². The summed E-state index contributed by atoms with van der Waals surface area (Å²) in [6.45, 7) is 3.67. The van der Waals surface area contributed by atoms with Gasteiger partial charge in [-0.25, -0.2) is 8.42 Å². The van der Waals surface area contributed by atoms with Crippen molar-refractivity contribution in [2.45, 2.75) is 49.9 Å². The number of hydrogen-bond donors (Lipinski definition) is 0. The normalized spacial score (nSPS) is 29.9. The molecule has 3 rings (SSSR count). The lowest BCUT2D eigenvalue weighted by atomic mass is 9.96. The topological polar surface area (TPSA) is 73.7 Å². The van der Waals surface area contributed by atoms with Crippen LogP contribution in [0.4, 0.5) is 0 Å². The molecule has 8 heteroatoms. The predicted molar refractivity (Wildman–Crippen MR) is 84.5 cm³/mol. The summed E-state index contributed by atoms with van der Waals surface area (Å²) in [6, 6.07) is 1.41. The number of morpholine rings is 1. The van der Waals surface area contributed by atoms with Gasteiger partial charge in [0.15, 0.2) is 5.03 Å². The summed E-state index contributed by atoms with van der Waals surface area (Å²) in [6.07, 6.45) is 4.68. The van der Waals surface area contributed by atoms with Crippen molar-refractivity contribution in [3.63, 3.8) is 0 Å². The monoisotopic (exact) mass is 343 g/mol. The first kappa shape index (κ1) is 16.9. The van der Waals surface area contributed by atoms with Crippen molar-refractivity contribution in [2.75, 3.05) is 26.9 Å². The van der Waals surface area contributed by atoms with Crippen LogP contribution >= 0.6 is 0 Å². The SMILES string of the molecule is CCn1nccc1S(=O)(=O)N1CCOCC1C1CCCC1OC. The van der Waals surface area contributed by atoms with Crippen LogP contribution in [0.3, 0.4) is 0 Å². The van der Waals surface area contributed by atoms with Gasteiger partial charge in [-0.3, -0.25) is 4.68 Å². The molecule has 0 radical (unpaired) electrons. The van der Waals surface area contributed by atoms with E-state index in [4.69, 9.17) is 9.47 Å². The van der Waals surface area contributed by atoms with E-state index in [0.29, 0.717) is 26.3 Å². The van der Waals surface area contributed by atoms with E-state index in [9.17, 15) is 8.42 Å². The van der Waals surface area contributed by atoms with Crippen molar-refractivity contribution in [1.82, 2.24) is 14.1 Å². The van der Waals surface area contributed by atoms with Gasteiger partial charge in [0.25, 0.3) is 10.0 Å². The van der Waals surface area contributed by atoms with Crippen LogP contribution in [0.25, 0.3) is 0 Å². The number of hydrogen-bond acceptors (Lipinski definition) is 5. The molecule has 23 heavy (non-hydrogen) atoms. The van der Waals surface area contributed by atoms with Gasteiger partial charge in [0, 0.05) is 26.1 Å². The number of aromatic nitrogens is 2. The number of rotatable bonds is 5. The quantitative estimate of drug-likeness (QED) is 0.801. The Kier molecular flexibility index (Phi) is 5.05. The number of aryl methyl sites for hydroxylation is 1. The summed E-state index contributed by atoms with van der Waals surface area (Å²) < 4.78 is 40.6. The molecule has 3 atom stereocenters. The van der Waals surface area contributed by atoms with E-state index in [-0.39, 0.29) is 23.1 Å². The highest BCUT2D eigenvalue weighted by Gasteiger charge is 2.44. The minimum atomic E-state index is -3.58. The number of methoxy groups -OCH3 is 1. The predicted octanol–water partition coefficient (Wildman–Crippen LogP) is 1.11. The van der Waals surface area contributed by atoms with Gasteiger partial charge in [-0.15, -0.1) is 0 Å². The molecular weight excluding hydrogens is 318 g/mol. The minimum Gasteiger partial charge on any atom is -0.381 e. The first-order chi connectivity index (χ1) is 11.1. The molecule has 1 aliphatic carbocycles. The number of sulfonamides is 1. The molecule has 1 aromatic rings. The Morgan fingerprint density at radius 2 is 2.26 bits per heavy atom. The Morgan fingerprint density at radius 3 is 3.00 bits per heavy atom. The third-order valence-electron chi connectivity index (χ3n) is 4.97. The first-order valence-electron chi connectivity index (χ1n) is 8.23. The van der Waals surface area contributed by atoms with E-state index in [1.807, 2.05) is 6.92 Å². The zero-order chi connectivity index (χ0) is 16.4. The molecule has 2 heterocycles. The van der Waals surface area contributed by atoms with E-state index in [1.54, 1.807) is 23.7 Å². The van der Waals surface area contributed by atoms with Crippen LogP contribution in [0.2, 0.25) is 0 Å². The van der Waals surface area contributed by atoms with Crippen molar-refractivity contribution in [2.24, 2.45) is 5.92 Å². The maximum absolute atomic E-state index is 13.2. The van der Waals surface area contributed by atoms with Crippen LogP contribution in [-0.2, 0) is 26.0 Å². The standard InChI is InChI=1S/C15H25N3O4S/c1-3-17-15(7-8-16-17)23(19,20)18-9-10-22-11-13(18)12-5-4-6-14(12)21-2/h7-8,12-14H,3-6,9-11H2,1-2H3. The fourth-order valence-electron chi connectivity index (χ4n) is 3.83. The lowest BCUT2D eigenvalue weighted by molar-refractivity contribution is -0.0261. The Bertz CT molecular complexity index is 630. The molecule has 7 nitrogen and oxygen atoms in total. The van der Waals surface area contributed by atoms with E-state index >= 15 is 0 Å². The van der Waals surface area contributed by atoms with E-state index in [0.717, 1.165) is 19.3 Å². The summed E-state index contributed by atoms with van der Waals surface area (Å²) in [4.78, 5) is 0. The fraction of sp³-hybridized carbons (Fsp3) is 0.800. The summed E-state index contributed by atoms with van der Waals surface area (Å²) in [7, 11) is -1.88. The van der Waals surface area contributed by atoms with Gasteiger partial charge < -0.3 is 9.47 Å². The summed E-state index contributed by atoms with van der Waals surface area (Å²) in [5.74, 6) is 0.188. The van der Waals surface area contributed by atoms with Gasteiger partial charge in [0.2, 0.25) is 0 Å². The molecule has 1 aromatic heterocycles. The molecular formula is C15H25N3O4S. The highest BCUT2D eigenvalue weighted by molar-refractivity contribution is 7.89. The molecule has 1 saturated carbocycles. The van der Waals surface area contributed by atoms with Crippen molar-refractivity contribution in [3.05, 3.63) is 12.3 Å². The van der Waals surface area contributed by atoms with Crippen LogP contribution in [-0.4, -0.2) is 61.5 Å². The molecule has 0 N–H and O–H groups in total. The van der Waals surface area contributed by atoms with Crippen LogP contribution in [0.15, 0.2) is 17.3 Å². The molecule has 3 unspecified atom stereocenters. The van der Waals surface area contributed by atoms with Crippen molar-refractivity contribution in [1.29, 1.82) is 0 Å². The zero-order valence-electron chi connectivity index (χ0n) is 13.7. The van der Waals surface area contributed by atoms with Gasteiger partial charge in [0.1, 0.15) is 0 Å². The van der Waals surface area contributed by atoms with E-state index < -0.39 is 10.0 Å². The Labute approximate surface area is 137 Å². The lowest BCUT2D eigenvalue weighted by Gasteiger charge is -2.39. The van der Waals surface area contributed by atoms with Gasteiger partial charge in [-0.2, -0.15) is 9.40 Å². The second-order valence-electron chi connectivity index (χ2n) is 6.11. The molecule has 0 aromatic carbocycles. The van der Waals surface area contributed by atoms with Crippen LogP contribution in [0, 0.1) is 5.92 Å². The second-order valence-corrected chi connectivity index (χ2v) is 7.95. The van der Waals surface area contributed by atoms with Crippen LogP contribution < -0.4 is 0 Å². The number of ether oxygens (including phenoxy) is 2. The van der Waals surface area contributed by atoms with Crippen molar-refractivity contribution in [3.8, 4) is 0 Å². The zero-order valence-corrected chi connectivity index (χ0v) is 14.5. The Hall–Kier alpha value is -0.960. The molecule has 1 saturated heterocycles. The van der Waals surface area contributed by atoms with Gasteiger partial charge >= 0.3 is 0 Å². The third kappa shape index (κ3) is 3.05. The molecule has 1 aliphatic heterocycles. The first-order valence-corrected chi connectivity index (χ1v) is 9.67. The van der Waals surface area contributed by atoms with Gasteiger partial charge in [-0.1, -0.05) is 6.42 Å². The third-order valence-corrected chi connectivity index (χ3v) is 6.91. The molecule has 0 bridgehead atoms. The second kappa shape index (κ2) is 6.88. The average Bonchev–Trinajstić information content (AvgIpc) is 3.23.